The maximum Gasteiger partial charge on any atom is 0.244 e. The molecule has 1 unspecified atom stereocenters. The number of morpholine rings is 1. The highest BCUT2D eigenvalue weighted by Gasteiger charge is 2.31. The van der Waals surface area contributed by atoms with E-state index in [-0.39, 0.29) is 16.0 Å². The SMILES string of the molecule is CCC1CN(S(=O)(=O)c2ccc(N)cc2Cl)CCO1. The van der Waals surface area contributed by atoms with Gasteiger partial charge in [0.05, 0.1) is 17.7 Å². The number of nitrogen functional groups attached to an aromatic ring is 1. The van der Waals surface area contributed by atoms with E-state index in [1.54, 1.807) is 0 Å². The van der Waals surface area contributed by atoms with Crippen LogP contribution in [-0.4, -0.2) is 38.5 Å². The minimum atomic E-state index is -3.59. The fraction of sp³-hybridized carbons (Fsp3) is 0.500. The zero-order valence-corrected chi connectivity index (χ0v) is 12.2. The predicted octanol–water partition coefficient (Wildman–Crippen LogP) is 1.72. The molecule has 2 N–H and O–H groups in total. The van der Waals surface area contributed by atoms with Crippen molar-refractivity contribution >= 4 is 27.3 Å². The van der Waals surface area contributed by atoms with E-state index in [9.17, 15) is 8.42 Å². The molecule has 1 heterocycles. The lowest BCUT2D eigenvalue weighted by atomic mass is 10.2. The van der Waals surface area contributed by atoms with Gasteiger partial charge >= 0.3 is 0 Å². The Kier molecular flexibility index (Phi) is 4.35. The quantitative estimate of drug-likeness (QED) is 0.863. The van der Waals surface area contributed by atoms with Crippen molar-refractivity contribution in [2.45, 2.75) is 24.3 Å². The van der Waals surface area contributed by atoms with Crippen molar-refractivity contribution < 1.29 is 13.2 Å². The fourth-order valence-electron chi connectivity index (χ4n) is 2.02. The van der Waals surface area contributed by atoms with Crippen molar-refractivity contribution in [1.82, 2.24) is 4.31 Å². The van der Waals surface area contributed by atoms with Crippen LogP contribution in [0.5, 0.6) is 0 Å². The van der Waals surface area contributed by atoms with Crippen LogP contribution in [0.15, 0.2) is 23.1 Å². The molecule has 0 saturated carbocycles. The van der Waals surface area contributed by atoms with Crippen molar-refractivity contribution in [1.29, 1.82) is 0 Å². The monoisotopic (exact) mass is 304 g/mol. The molecule has 19 heavy (non-hydrogen) atoms. The summed E-state index contributed by atoms with van der Waals surface area (Å²) in [4.78, 5) is 0.0973. The van der Waals surface area contributed by atoms with E-state index in [1.807, 2.05) is 6.92 Å². The Labute approximate surface area is 118 Å². The summed E-state index contributed by atoms with van der Waals surface area (Å²) in [5.41, 5.74) is 6.02. The van der Waals surface area contributed by atoms with Crippen molar-refractivity contribution in [3.05, 3.63) is 23.2 Å². The molecule has 2 rings (SSSR count). The second-order valence-corrected chi connectivity index (χ2v) is 6.77. The van der Waals surface area contributed by atoms with Crippen molar-refractivity contribution in [2.75, 3.05) is 25.4 Å². The minimum absolute atomic E-state index is 0.0592. The first-order valence-electron chi connectivity index (χ1n) is 6.12. The summed E-state index contributed by atoms with van der Waals surface area (Å²) in [6, 6.07) is 4.44. The van der Waals surface area contributed by atoms with Gasteiger partial charge in [0.1, 0.15) is 4.90 Å². The van der Waals surface area contributed by atoms with Gasteiger partial charge in [0, 0.05) is 18.8 Å². The van der Waals surface area contributed by atoms with Gasteiger partial charge in [-0.3, -0.25) is 0 Å². The molecule has 1 aromatic carbocycles. The first-order chi connectivity index (χ1) is 8.95. The molecule has 0 amide bonds. The van der Waals surface area contributed by atoms with Gasteiger partial charge < -0.3 is 10.5 Å². The van der Waals surface area contributed by atoms with Gasteiger partial charge in [-0.15, -0.1) is 0 Å². The highest BCUT2D eigenvalue weighted by atomic mass is 35.5. The van der Waals surface area contributed by atoms with Crippen molar-refractivity contribution in [3.63, 3.8) is 0 Å². The van der Waals surface area contributed by atoms with E-state index in [1.165, 1.54) is 22.5 Å². The summed E-state index contributed by atoms with van der Waals surface area (Å²) in [5.74, 6) is 0. The Morgan fingerprint density at radius 3 is 2.89 bits per heavy atom. The van der Waals surface area contributed by atoms with E-state index < -0.39 is 10.0 Å². The molecule has 1 fully saturated rings. The normalized spacial score (nSPS) is 21.5. The Bertz CT molecular complexity index is 562. The third kappa shape index (κ3) is 3.02. The summed E-state index contributed by atoms with van der Waals surface area (Å²) in [7, 11) is -3.59. The van der Waals surface area contributed by atoms with Crippen LogP contribution < -0.4 is 5.73 Å². The fourth-order valence-corrected chi connectivity index (χ4v) is 4.01. The van der Waals surface area contributed by atoms with E-state index in [2.05, 4.69) is 0 Å². The van der Waals surface area contributed by atoms with Crippen LogP contribution in [0.1, 0.15) is 13.3 Å². The molecule has 0 aromatic heterocycles. The maximum absolute atomic E-state index is 12.5. The van der Waals surface area contributed by atoms with Crippen LogP contribution >= 0.6 is 11.6 Å². The number of nitrogens with zero attached hydrogens (tertiary/aromatic N) is 1. The Morgan fingerprint density at radius 1 is 1.53 bits per heavy atom. The lowest BCUT2D eigenvalue weighted by molar-refractivity contribution is -0.00277. The number of rotatable bonds is 3. The van der Waals surface area contributed by atoms with Gasteiger partial charge in [-0.05, 0) is 24.6 Å². The lowest BCUT2D eigenvalue weighted by Crippen LogP contribution is -2.45. The zero-order chi connectivity index (χ0) is 14.0. The average Bonchev–Trinajstić information content (AvgIpc) is 2.38. The second-order valence-electron chi connectivity index (χ2n) is 4.45. The summed E-state index contributed by atoms with van der Waals surface area (Å²) < 4.78 is 31.9. The average molecular weight is 305 g/mol. The van der Waals surface area contributed by atoms with Gasteiger partial charge in [-0.25, -0.2) is 8.42 Å². The summed E-state index contributed by atoms with van der Waals surface area (Å²) in [5, 5.41) is 0.152. The molecule has 1 aromatic rings. The number of sulfonamides is 1. The number of benzene rings is 1. The number of ether oxygens (including phenoxy) is 1. The van der Waals surface area contributed by atoms with Crippen LogP contribution in [-0.2, 0) is 14.8 Å². The first kappa shape index (κ1) is 14.6. The molecular weight excluding hydrogens is 288 g/mol. The molecule has 1 aliphatic heterocycles. The topological polar surface area (TPSA) is 72.6 Å². The van der Waals surface area contributed by atoms with Gasteiger partial charge in [0.25, 0.3) is 0 Å². The summed E-state index contributed by atoms with van der Waals surface area (Å²) in [6.07, 6.45) is 0.720. The molecule has 0 spiro atoms. The number of hydrogen-bond donors (Lipinski definition) is 1. The Balaban J connectivity index is 2.31. The van der Waals surface area contributed by atoms with Crippen molar-refractivity contribution in [2.24, 2.45) is 0 Å². The van der Waals surface area contributed by atoms with Crippen LogP contribution in [0.25, 0.3) is 0 Å². The smallest absolute Gasteiger partial charge is 0.244 e. The van der Waals surface area contributed by atoms with Crippen LogP contribution in [0.2, 0.25) is 5.02 Å². The molecule has 1 atom stereocenters. The van der Waals surface area contributed by atoms with E-state index >= 15 is 0 Å². The number of nitrogens with two attached hydrogens (primary N) is 1. The lowest BCUT2D eigenvalue weighted by Gasteiger charge is -2.31. The van der Waals surface area contributed by atoms with Crippen LogP contribution in [0.3, 0.4) is 0 Å². The highest BCUT2D eigenvalue weighted by Crippen LogP contribution is 2.27. The van der Waals surface area contributed by atoms with Gasteiger partial charge in [0.15, 0.2) is 0 Å². The molecule has 7 heteroatoms. The van der Waals surface area contributed by atoms with Crippen LogP contribution in [0, 0.1) is 0 Å². The number of halogens is 1. The molecule has 0 bridgehead atoms. The molecule has 106 valence electrons. The largest absolute Gasteiger partial charge is 0.399 e. The molecular formula is C12H17ClN2O3S. The standard InChI is InChI=1S/C12H17ClN2O3S/c1-2-10-8-15(5-6-18-10)19(16,17)12-4-3-9(14)7-11(12)13/h3-4,7,10H,2,5-6,8,14H2,1H3. The maximum atomic E-state index is 12.5. The molecule has 1 saturated heterocycles. The van der Waals surface area contributed by atoms with Crippen molar-refractivity contribution in [3.8, 4) is 0 Å². The van der Waals surface area contributed by atoms with E-state index in [0.717, 1.165) is 6.42 Å². The molecule has 5 nitrogen and oxygen atoms in total. The molecule has 0 radical (unpaired) electrons. The third-order valence-corrected chi connectivity index (χ3v) is 5.48. The Hall–Kier alpha value is -0.820. The predicted molar refractivity (Wildman–Crippen MR) is 74.7 cm³/mol. The van der Waals surface area contributed by atoms with E-state index in [0.29, 0.717) is 25.4 Å². The van der Waals surface area contributed by atoms with Crippen LogP contribution in [0.4, 0.5) is 5.69 Å². The highest BCUT2D eigenvalue weighted by molar-refractivity contribution is 7.89. The Morgan fingerprint density at radius 2 is 2.26 bits per heavy atom. The molecule has 0 aliphatic carbocycles. The van der Waals surface area contributed by atoms with E-state index in [4.69, 9.17) is 22.1 Å². The first-order valence-corrected chi connectivity index (χ1v) is 7.93. The summed E-state index contributed by atoms with van der Waals surface area (Å²) in [6.45, 7) is 3.08. The number of hydrogen-bond acceptors (Lipinski definition) is 4. The zero-order valence-electron chi connectivity index (χ0n) is 10.7. The number of anilines is 1. The molecule has 1 aliphatic rings. The van der Waals surface area contributed by atoms with Gasteiger partial charge in [-0.1, -0.05) is 18.5 Å². The van der Waals surface area contributed by atoms with Gasteiger partial charge in [0.2, 0.25) is 10.0 Å². The van der Waals surface area contributed by atoms with Gasteiger partial charge in [-0.2, -0.15) is 4.31 Å². The summed E-state index contributed by atoms with van der Waals surface area (Å²) >= 11 is 5.99. The second kappa shape index (κ2) is 5.66. The third-order valence-electron chi connectivity index (χ3n) is 3.13. The minimum Gasteiger partial charge on any atom is -0.399 e.